The summed E-state index contributed by atoms with van der Waals surface area (Å²) in [6, 6.07) is 0. The number of hydrogen-bond acceptors (Lipinski definition) is 1. The Balaban J connectivity index is 3.04. The smallest absolute Gasteiger partial charge is 0.340 e. The van der Waals surface area contributed by atoms with Gasteiger partial charge in [0.2, 0.25) is 0 Å². The minimum absolute atomic E-state index is 0.478. The first-order chi connectivity index (χ1) is 4.95. The first kappa shape index (κ1) is 8.10. The van der Waals surface area contributed by atoms with E-state index < -0.39 is 36.1 Å². The highest BCUT2D eigenvalue weighted by Crippen LogP contribution is 2.40. The van der Waals surface area contributed by atoms with Crippen molar-refractivity contribution >= 4 is 5.97 Å². The molecule has 0 heterocycles. The zero-order valence-corrected chi connectivity index (χ0v) is 5.40. The highest BCUT2D eigenvalue weighted by molar-refractivity contribution is 5.89. The summed E-state index contributed by atoms with van der Waals surface area (Å²) in [7, 11) is 0. The van der Waals surface area contributed by atoms with Crippen molar-refractivity contribution in [1.82, 2.24) is 0 Å². The van der Waals surface area contributed by atoms with Gasteiger partial charge in [0.05, 0.1) is 0 Å². The molecule has 5 heteroatoms. The number of allylic oxidation sites excluding steroid dienone is 1. The maximum absolute atomic E-state index is 12.4. The van der Waals surface area contributed by atoms with Crippen LogP contribution >= 0.6 is 0 Å². The SMILES string of the molecule is O=C(O)C1=C(F)CCC1(F)F. The maximum Gasteiger partial charge on any atom is 0.340 e. The Kier molecular flexibility index (Phi) is 1.66. The molecule has 0 aromatic rings. The van der Waals surface area contributed by atoms with Gasteiger partial charge < -0.3 is 5.11 Å². The van der Waals surface area contributed by atoms with Crippen molar-refractivity contribution in [3.05, 3.63) is 11.4 Å². The minimum atomic E-state index is -3.49. The topological polar surface area (TPSA) is 37.3 Å². The van der Waals surface area contributed by atoms with E-state index in [1.807, 2.05) is 0 Å². The van der Waals surface area contributed by atoms with Gasteiger partial charge in [-0.3, -0.25) is 0 Å². The normalized spacial score (nSPS) is 22.5. The molecule has 1 N–H and O–H groups in total. The highest BCUT2D eigenvalue weighted by Gasteiger charge is 2.46. The Morgan fingerprint density at radius 3 is 2.27 bits per heavy atom. The molecule has 0 radical (unpaired) electrons. The molecule has 0 atom stereocenters. The Morgan fingerprint density at radius 1 is 1.55 bits per heavy atom. The lowest BCUT2D eigenvalue weighted by molar-refractivity contribution is -0.135. The van der Waals surface area contributed by atoms with E-state index >= 15 is 0 Å². The molecule has 11 heavy (non-hydrogen) atoms. The fourth-order valence-electron chi connectivity index (χ4n) is 0.988. The van der Waals surface area contributed by atoms with Crippen LogP contribution in [0.1, 0.15) is 12.8 Å². The first-order valence-corrected chi connectivity index (χ1v) is 2.95. The average molecular weight is 166 g/mol. The second-order valence-electron chi connectivity index (χ2n) is 2.29. The summed E-state index contributed by atoms with van der Waals surface area (Å²) >= 11 is 0. The van der Waals surface area contributed by atoms with E-state index in [0.29, 0.717) is 0 Å². The van der Waals surface area contributed by atoms with Crippen molar-refractivity contribution < 1.29 is 23.1 Å². The van der Waals surface area contributed by atoms with Crippen LogP contribution in [0.5, 0.6) is 0 Å². The third-order valence-electron chi connectivity index (χ3n) is 1.51. The molecule has 1 aliphatic carbocycles. The second kappa shape index (κ2) is 2.25. The van der Waals surface area contributed by atoms with Crippen molar-refractivity contribution in [2.24, 2.45) is 0 Å². The molecule has 0 aromatic carbocycles. The number of aliphatic carboxylic acids is 1. The molecule has 0 aromatic heterocycles. The maximum atomic E-state index is 12.4. The number of rotatable bonds is 1. The molecule has 0 aliphatic heterocycles. The van der Waals surface area contributed by atoms with Gasteiger partial charge in [0.1, 0.15) is 11.4 Å². The molecule has 62 valence electrons. The summed E-state index contributed by atoms with van der Waals surface area (Å²) in [5.74, 6) is -6.57. The fourth-order valence-corrected chi connectivity index (χ4v) is 0.988. The van der Waals surface area contributed by atoms with E-state index in [1.165, 1.54) is 0 Å². The summed E-state index contributed by atoms with van der Waals surface area (Å²) in [6.45, 7) is 0. The van der Waals surface area contributed by atoms with E-state index in [2.05, 4.69) is 0 Å². The second-order valence-corrected chi connectivity index (χ2v) is 2.29. The van der Waals surface area contributed by atoms with Gasteiger partial charge in [-0.15, -0.1) is 0 Å². The van der Waals surface area contributed by atoms with Crippen LogP contribution in [-0.4, -0.2) is 17.0 Å². The molecular formula is C6H5F3O2. The number of carboxylic acids is 1. The first-order valence-electron chi connectivity index (χ1n) is 2.95. The van der Waals surface area contributed by atoms with Crippen molar-refractivity contribution in [2.45, 2.75) is 18.8 Å². The van der Waals surface area contributed by atoms with E-state index in [0.717, 1.165) is 0 Å². The zero-order chi connectivity index (χ0) is 8.65. The number of hydrogen-bond donors (Lipinski definition) is 1. The summed E-state index contributed by atoms with van der Waals surface area (Å²) in [4.78, 5) is 10.0. The summed E-state index contributed by atoms with van der Waals surface area (Å²) in [5, 5.41) is 8.14. The number of carbonyl (C=O) groups is 1. The highest BCUT2D eigenvalue weighted by atomic mass is 19.3. The summed E-state index contributed by atoms with van der Waals surface area (Å²) in [5.41, 5.74) is -1.38. The molecule has 0 amide bonds. The number of halogens is 3. The van der Waals surface area contributed by atoms with Gasteiger partial charge in [0, 0.05) is 12.8 Å². The minimum Gasteiger partial charge on any atom is -0.478 e. The molecule has 0 bridgehead atoms. The van der Waals surface area contributed by atoms with Crippen LogP contribution in [0.2, 0.25) is 0 Å². The van der Waals surface area contributed by atoms with Gasteiger partial charge in [-0.2, -0.15) is 0 Å². The zero-order valence-electron chi connectivity index (χ0n) is 5.40. The van der Waals surface area contributed by atoms with Gasteiger partial charge >= 0.3 is 5.97 Å². The quantitative estimate of drug-likeness (QED) is 0.643. The Hall–Kier alpha value is -1.00. The fraction of sp³-hybridized carbons (Fsp3) is 0.500. The Bertz CT molecular complexity index is 232. The van der Waals surface area contributed by atoms with Crippen molar-refractivity contribution in [3.63, 3.8) is 0 Å². The lowest BCUT2D eigenvalue weighted by Gasteiger charge is -2.08. The summed E-state index contributed by atoms with van der Waals surface area (Å²) in [6.07, 6.45) is -1.21. The molecule has 0 unspecified atom stereocenters. The predicted octanol–water partition coefficient (Wildman–Crippen LogP) is 1.72. The standard InChI is InChI=1S/C6H5F3O2/c7-3-1-2-6(8,9)4(3)5(10)11/h1-2H2,(H,10,11). The molecule has 0 spiro atoms. The van der Waals surface area contributed by atoms with Gasteiger partial charge in [-0.1, -0.05) is 0 Å². The van der Waals surface area contributed by atoms with Crippen LogP contribution in [-0.2, 0) is 4.79 Å². The molecule has 1 rings (SSSR count). The van der Waals surface area contributed by atoms with Gasteiger partial charge in [-0.25, -0.2) is 18.0 Å². The third kappa shape index (κ3) is 1.22. The molecule has 0 saturated heterocycles. The summed E-state index contributed by atoms with van der Waals surface area (Å²) < 4.78 is 37.2. The van der Waals surface area contributed by atoms with Crippen LogP contribution in [0.25, 0.3) is 0 Å². The van der Waals surface area contributed by atoms with Crippen molar-refractivity contribution in [2.75, 3.05) is 0 Å². The number of alkyl halides is 2. The Morgan fingerprint density at radius 2 is 2.09 bits per heavy atom. The van der Waals surface area contributed by atoms with E-state index in [4.69, 9.17) is 5.11 Å². The molecule has 2 nitrogen and oxygen atoms in total. The van der Waals surface area contributed by atoms with E-state index in [9.17, 15) is 18.0 Å². The van der Waals surface area contributed by atoms with Crippen LogP contribution in [0, 0.1) is 0 Å². The molecule has 0 saturated carbocycles. The lowest BCUT2D eigenvalue weighted by Crippen LogP contribution is -2.21. The van der Waals surface area contributed by atoms with Crippen LogP contribution in [0.15, 0.2) is 11.4 Å². The van der Waals surface area contributed by atoms with Crippen LogP contribution in [0.3, 0.4) is 0 Å². The van der Waals surface area contributed by atoms with E-state index in [-0.39, 0.29) is 0 Å². The van der Waals surface area contributed by atoms with Crippen LogP contribution < -0.4 is 0 Å². The van der Waals surface area contributed by atoms with Crippen LogP contribution in [0.4, 0.5) is 13.2 Å². The molecular weight excluding hydrogens is 161 g/mol. The van der Waals surface area contributed by atoms with E-state index in [1.54, 1.807) is 0 Å². The van der Waals surface area contributed by atoms with Gasteiger partial charge in [-0.05, 0) is 0 Å². The monoisotopic (exact) mass is 166 g/mol. The van der Waals surface area contributed by atoms with Crippen molar-refractivity contribution in [1.29, 1.82) is 0 Å². The molecule has 1 aliphatic rings. The molecule has 0 fully saturated rings. The third-order valence-corrected chi connectivity index (χ3v) is 1.51. The predicted molar refractivity (Wildman–Crippen MR) is 30.0 cm³/mol. The lowest BCUT2D eigenvalue weighted by atomic mass is 10.2. The Labute approximate surface area is 60.3 Å². The van der Waals surface area contributed by atoms with Gasteiger partial charge in [0.15, 0.2) is 0 Å². The average Bonchev–Trinajstić information content (AvgIpc) is 2.06. The largest absolute Gasteiger partial charge is 0.478 e. The van der Waals surface area contributed by atoms with Crippen molar-refractivity contribution in [3.8, 4) is 0 Å². The number of carboxylic acid groups (broad SMARTS) is 1. The van der Waals surface area contributed by atoms with Gasteiger partial charge in [0.25, 0.3) is 5.92 Å².